The number of hydrogen-bond acceptors (Lipinski definition) is 2. The molecule has 0 bridgehead atoms. The molecule has 1 rings (SSSR count). The second-order valence-corrected chi connectivity index (χ2v) is 3.39. The maximum atomic E-state index is 5.85. The Hall–Kier alpha value is -0.570. The molecule has 0 saturated carbocycles. The Morgan fingerprint density at radius 1 is 1.54 bits per heavy atom. The molecule has 0 unspecified atom stereocenters. The number of halogens is 2. The molecule has 1 atom stereocenters. The first-order chi connectivity index (χ1) is 6.15. The van der Waals surface area contributed by atoms with Gasteiger partial charge in [0, 0.05) is 11.6 Å². The highest BCUT2D eigenvalue weighted by molar-refractivity contribution is 6.32. The molecule has 0 fully saturated rings. The van der Waals surface area contributed by atoms with Crippen molar-refractivity contribution in [2.24, 2.45) is 5.73 Å². The Kier molecular flexibility index (Phi) is 3.72. The van der Waals surface area contributed by atoms with E-state index in [2.05, 4.69) is 11.6 Å². The molecule has 13 heavy (non-hydrogen) atoms. The van der Waals surface area contributed by atoms with Crippen molar-refractivity contribution in [3.63, 3.8) is 0 Å². The predicted octanol–water partition coefficient (Wildman–Crippen LogP) is 2.96. The van der Waals surface area contributed by atoms with Gasteiger partial charge in [0.05, 0.1) is 0 Å². The van der Waals surface area contributed by atoms with E-state index in [-0.39, 0.29) is 6.04 Å². The van der Waals surface area contributed by atoms with E-state index in [0.717, 1.165) is 5.56 Å². The highest BCUT2D eigenvalue weighted by atomic mass is 35.5. The van der Waals surface area contributed by atoms with Crippen LogP contribution < -0.4 is 5.73 Å². The molecule has 0 aliphatic carbocycles. The molecule has 0 aromatic carbocycles. The number of hydrogen-bond donors (Lipinski definition) is 1. The third-order valence-electron chi connectivity index (χ3n) is 1.66. The van der Waals surface area contributed by atoms with Gasteiger partial charge in [-0.3, -0.25) is 0 Å². The summed E-state index contributed by atoms with van der Waals surface area (Å²) in [7, 11) is 0. The number of aromatic nitrogens is 1. The van der Waals surface area contributed by atoms with E-state index in [4.69, 9.17) is 28.9 Å². The zero-order valence-electron chi connectivity index (χ0n) is 7.00. The topological polar surface area (TPSA) is 38.9 Å². The predicted molar refractivity (Wildman–Crippen MR) is 56.0 cm³/mol. The smallest absolute Gasteiger partial charge is 0.135 e. The summed E-state index contributed by atoms with van der Waals surface area (Å²) in [6.45, 7) is 3.60. The molecule has 1 heterocycles. The SMILES string of the molecule is C=CC[C@@H](N)c1ccc(Cl)nc1Cl. The normalized spacial score (nSPS) is 12.5. The fraction of sp³-hybridized carbons (Fsp3) is 0.222. The fourth-order valence-corrected chi connectivity index (χ4v) is 1.49. The van der Waals surface area contributed by atoms with Crippen molar-refractivity contribution in [3.8, 4) is 0 Å². The van der Waals surface area contributed by atoms with Gasteiger partial charge in [-0.15, -0.1) is 6.58 Å². The first-order valence-electron chi connectivity index (χ1n) is 3.83. The van der Waals surface area contributed by atoms with Gasteiger partial charge in [-0.1, -0.05) is 35.3 Å². The van der Waals surface area contributed by atoms with Crippen LogP contribution in [0, 0.1) is 0 Å². The lowest BCUT2D eigenvalue weighted by Gasteiger charge is -2.10. The summed E-state index contributed by atoms with van der Waals surface area (Å²) in [6.07, 6.45) is 2.42. The molecular weight excluding hydrogens is 207 g/mol. The third-order valence-corrected chi connectivity index (χ3v) is 2.18. The Labute approximate surface area is 87.4 Å². The zero-order chi connectivity index (χ0) is 9.84. The van der Waals surface area contributed by atoms with E-state index < -0.39 is 0 Å². The minimum Gasteiger partial charge on any atom is -0.324 e. The van der Waals surface area contributed by atoms with Crippen LogP contribution in [-0.4, -0.2) is 4.98 Å². The number of rotatable bonds is 3. The quantitative estimate of drug-likeness (QED) is 0.624. The highest BCUT2D eigenvalue weighted by Crippen LogP contribution is 2.23. The average Bonchev–Trinajstić information content (AvgIpc) is 2.04. The van der Waals surface area contributed by atoms with Gasteiger partial charge in [0.25, 0.3) is 0 Å². The largest absolute Gasteiger partial charge is 0.324 e. The average molecular weight is 217 g/mol. The van der Waals surface area contributed by atoms with Gasteiger partial charge in [0.15, 0.2) is 0 Å². The van der Waals surface area contributed by atoms with Crippen molar-refractivity contribution in [3.05, 3.63) is 40.7 Å². The van der Waals surface area contributed by atoms with Crippen molar-refractivity contribution in [2.45, 2.75) is 12.5 Å². The van der Waals surface area contributed by atoms with Crippen molar-refractivity contribution >= 4 is 23.2 Å². The summed E-state index contributed by atoms with van der Waals surface area (Å²) in [5.74, 6) is 0. The molecule has 1 aromatic heterocycles. The van der Waals surface area contributed by atoms with E-state index in [1.54, 1.807) is 18.2 Å². The van der Waals surface area contributed by atoms with Crippen LogP contribution in [0.1, 0.15) is 18.0 Å². The lowest BCUT2D eigenvalue weighted by molar-refractivity contribution is 0.738. The Morgan fingerprint density at radius 2 is 2.23 bits per heavy atom. The summed E-state index contributed by atoms with van der Waals surface area (Å²) in [5, 5.41) is 0.737. The van der Waals surface area contributed by atoms with E-state index >= 15 is 0 Å². The molecule has 0 amide bonds. The lowest BCUT2D eigenvalue weighted by Crippen LogP contribution is -2.10. The monoisotopic (exact) mass is 216 g/mol. The summed E-state index contributed by atoms with van der Waals surface area (Å²) < 4.78 is 0. The second kappa shape index (κ2) is 4.61. The van der Waals surface area contributed by atoms with Crippen molar-refractivity contribution < 1.29 is 0 Å². The maximum absolute atomic E-state index is 5.85. The van der Waals surface area contributed by atoms with E-state index in [1.165, 1.54) is 0 Å². The minimum absolute atomic E-state index is 0.158. The highest BCUT2D eigenvalue weighted by Gasteiger charge is 2.09. The van der Waals surface area contributed by atoms with Gasteiger partial charge < -0.3 is 5.73 Å². The van der Waals surface area contributed by atoms with Gasteiger partial charge in [0.2, 0.25) is 0 Å². The summed E-state index contributed by atoms with van der Waals surface area (Å²) >= 11 is 11.5. The van der Waals surface area contributed by atoms with E-state index in [9.17, 15) is 0 Å². The molecule has 2 nitrogen and oxygen atoms in total. The van der Waals surface area contributed by atoms with Crippen LogP contribution in [-0.2, 0) is 0 Å². The van der Waals surface area contributed by atoms with Gasteiger partial charge >= 0.3 is 0 Å². The molecular formula is C9H10Cl2N2. The maximum Gasteiger partial charge on any atom is 0.135 e. The van der Waals surface area contributed by atoms with E-state index in [1.807, 2.05) is 0 Å². The number of nitrogens with zero attached hydrogens (tertiary/aromatic N) is 1. The fourth-order valence-electron chi connectivity index (χ4n) is 1.01. The molecule has 2 N–H and O–H groups in total. The summed E-state index contributed by atoms with van der Waals surface area (Å²) in [4.78, 5) is 3.89. The first-order valence-corrected chi connectivity index (χ1v) is 4.59. The summed E-state index contributed by atoms with van der Waals surface area (Å²) in [6, 6.07) is 3.30. The van der Waals surface area contributed by atoms with Crippen LogP contribution in [0.2, 0.25) is 10.3 Å². The van der Waals surface area contributed by atoms with Crippen LogP contribution in [0.25, 0.3) is 0 Å². The van der Waals surface area contributed by atoms with Crippen LogP contribution in [0.4, 0.5) is 0 Å². The second-order valence-electron chi connectivity index (χ2n) is 2.64. The van der Waals surface area contributed by atoms with Gasteiger partial charge in [-0.2, -0.15) is 0 Å². The van der Waals surface area contributed by atoms with Gasteiger partial charge in [0.1, 0.15) is 10.3 Å². The van der Waals surface area contributed by atoms with Gasteiger partial charge in [-0.25, -0.2) is 4.98 Å². The van der Waals surface area contributed by atoms with Crippen molar-refractivity contribution in [1.29, 1.82) is 0 Å². The Morgan fingerprint density at radius 3 is 2.77 bits per heavy atom. The Bertz CT molecular complexity index is 312. The Balaban J connectivity index is 2.94. The third kappa shape index (κ3) is 2.69. The van der Waals surface area contributed by atoms with Crippen LogP contribution >= 0.6 is 23.2 Å². The molecule has 1 aromatic rings. The van der Waals surface area contributed by atoms with E-state index in [0.29, 0.717) is 16.7 Å². The molecule has 0 spiro atoms. The molecule has 0 saturated heterocycles. The zero-order valence-corrected chi connectivity index (χ0v) is 8.52. The molecule has 0 aliphatic heterocycles. The lowest BCUT2D eigenvalue weighted by atomic mass is 10.1. The number of pyridine rings is 1. The number of nitrogens with two attached hydrogens (primary N) is 1. The van der Waals surface area contributed by atoms with Crippen molar-refractivity contribution in [1.82, 2.24) is 4.98 Å². The van der Waals surface area contributed by atoms with Crippen LogP contribution in [0.3, 0.4) is 0 Å². The minimum atomic E-state index is -0.158. The molecule has 0 aliphatic rings. The summed E-state index contributed by atoms with van der Waals surface area (Å²) in [5.41, 5.74) is 6.61. The van der Waals surface area contributed by atoms with Crippen LogP contribution in [0.5, 0.6) is 0 Å². The molecule has 4 heteroatoms. The molecule has 0 radical (unpaired) electrons. The van der Waals surface area contributed by atoms with Crippen molar-refractivity contribution in [2.75, 3.05) is 0 Å². The molecule has 70 valence electrons. The van der Waals surface area contributed by atoms with Crippen LogP contribution in [0.15, 0.2) is 24.8 Å². The van der Waals surface area contributed by atoms with Gasteiger partial charge in [-0.05, 0) is 12.5 Å². The standard InChI is InChI=1S/C9H10Cl2N2/c1-2-3-7(12)6-4-5-8(10)13-9(6)11/h2,4-5,7H,1,3,12H2/t7-/m1/s1. The first kappa shape index (κ1) is 10.5.